The predicted octanol–water partition coefficient (Wildman–Crippen LogP) is 2.19. The Morgan fingerprint density at radius 2 is 2.25 bits per heavy atom. The van der Waals surface area contributed by atoms with Crippen LogP contribution < -0.4 is 5.32 Å². The van der Waals surface area contributed by atoms with Crippen LogP contribution in [0.25, 0.3) is 0 Å². The Morgan fingerprint density at radius 1 is 1.46 bits per heavy atom. The molecule has 0 unspecified atom stereocenters. The number of rotatable bonds is 5. The Hall–Kier alpha value is -2.22. The number of anilines is 1. The summed E-state index contributed by atoms with van der Waals surface area (Å²) in [5, 5.41) is 7.61. The van der Waals surface area contributed by atoms with E-state index < -0.39 is 0 Å². The largest absolute Gasteiger partial charge is 0.465 e. The Kier molecular flexibility index (Phi) is 4.66. The van der Waals surface area contributed by atoms with Crippen molar-refractivity contribution in [3.05, 3.63) is 28.0 Å². The standard InChI is InChI=1S/C16H20N4O3S/c1-4-23-15(22)11-5-6-12-14(11)18-16(24-12)17-13(21)8-20-10(3)7-9(2)19-20/h7,11H,4-6,8H2,1-3H3,(H,17,18,21)/t11-/m1/s1. The van der Waals surface area contributed by atoms with E-state index in [1.807, 2.05) is 19.9 Å². The molecule has 24 heavy (non-hydrogen) atoms. The highest BCUT2D eigenvalue weighted by molar-refractivity contribution is 7.16. The molecule has 2 aromatic heterocycles. The first-order valence-corrected chi connectivity index (χ1v) is 8.76. The summed E-state index contributed by atoms with van der Waals surface area (Å²) in [6.07, 6.45) is 1.52. The zero-order valence-electron chi connectivity index (χ0n) is 14.0. The second-order valence-corrected chi connectivity index (χ2v) is 6.89. The minimum atomic E-state index is -0.308. The van der Waals surface area contributed by atoms with E-state index in [-0.39, 0.29) is 24.3 Å². The number of hydrogen-bond donors (Lipinski definition) is 1. The molecule has 1 aliphatic rings. The summed E-state index contributed by atoms with van der Waals surface area (Å²) in [6.45, 7) is 6.10. The lowest BCUT2D eigenvalue weighted by Gasteiger charge is -2.08. The first kappa shape index (κ1) is 16.6. The van der Waals surface area contributed by atoms with Crippen LogP contribution in [0.15, 0.2) is 6.07 Å². The van der Waals surface area contributed by atoms with Crippen molar-refractivity contribution in [1.29, 1.82) is 0 Å². The zero-order chi connectivity index (χ0) is 17.3. The number of carbonyl (C=O) groups excluding carboxylic acids is 2. The minimum absolute atomic E-state index is 0.144. The molecule has 0 aliphatic heterocycles. The minimum Gasteiger partial charge on any atom is -0.465 e. The van der Waals surface area contributed by atoms with E-state index in [4.69, 9.17) is 4.74 Å². The van der Waals surface area contributed by atoms with Crippen LogP contribution in [0, 0.1) is 13.8 Å². The van der Waals surface area contributed by atoms with Crippen LogP contribution in [-0.2, 0) is 27.3 Å². The van der Waals surface area contributed by atoms with Crippen molar-refractivity contribution in [3.63, 3.8) is 0 Å². The van der Waals surface area contributed by atoms with Crippen LogP contribution in [0.1, 0.15) is 41.2 Å². The maximum atomic E-state index is 12.2. The number of nitrogens with one attached hydrogen (secondary N) is 1. The number of amides is 1. The van der Waals surface area contributed by atoms with Gasteiger partial charge >= 0.3 is 5.97 Å². The van der Waals surface area contributed by atoms with E-state index in [9.17, 15) is 9.59 Å². The number of aryl methyl sites for hydroxylation is 3. The summed E-state index contributed by atoms with van der Waals surface area (Å²) in [7, 11) is 0. The first-order chi connectivity index (χ1) is 11.5. The zero-order valence-corrected chi connectivity index (χ0v) is 14.8. The third kappa shape index (κ3) is 3.33. The van der Waals surface area contributed by atoms with Crippen molar-refractivity contribution < 1.29 is 14.3 Å². The van der Waals surface area contributed by atoms with Gasteiger partial charge in [0.05, 0.1) is 18.0 Å². The lowest BCUT2D eigenvalue weighted by Crippen LogP contribution is -2.20. The highest BCUT2D eigenvalue weighted by atomic mass is 32.1. The summed E-state index contributed by atoms with van der Waals surface area (Å²) in [5.41, 5.74) is 2.57. The Morgan fingerprint density at radius 3 is 2.92 bits per heavy atom. The van der Waals surface area contributed by atoms with Crippen LogP contribution in [0.3, 0.4) is 0 Å². The van der Waals surface area contributed by atoms with E-state index in [1.165, 1.54) is 11.3 Å². The van der Waals surface area contributed by atoms with Crippen LogP contribution in [-0.4, -0.2) is 33.2 Å². The molecule has 0 fully saturated rings. The Labute approximate surface area is 144 Å². The lowest BCUT2D eigenvalue weighted by atomic mass is 10.1. The summed E-state index contributed by atoms with van der Waals surface area (Å²) in [6, 6.07) is 1.93. The summed E-state index contributed by atoms with van der Waals surface area (Å²) in [4.78, 5) is 29.6. The van der Waals surface area contributed by atoms with Gasteiger partial charge in [-0.25, -0.2) is 4.98 Å². The number of aromatic nitrogens is 3. The van der Waals surface area contributed by atoms with Crippen molar-refractivity contribution in [3.8, 4) is 0 Å². The van der Waals surface area contributed by atoms with Crippen molar-refractivity contribution in [2.75, 3.05) is 11.9 Å². The topological polar surface area (TPSA) is 86.1 Å². The van der Waals surface area contributed by atoms with E-state index in [2.05, 4.69) is 15.4 Å². The molecule has 7 nitrogen and oxygen atoms in total. The van der Waals surface area contributed by atoms with Gasteiger partial charge in [-0.3, -0.25) is 14.3 Å². The number of ether oxygens (including phenoxy) is 1. The van der Waals surface area contributed by atoms with Gasteiger partial charge in [-0.2, -0.15) is 5.10 Å². The van der Waals surface area contributed by atoms with Gasteiger partial charge in [0.15, 0.2) is 5.13 Å². The molecule has 1 amide bonds. The van der Waals surface area contributed by atoms with Crippen LogP contribution in [0.2, 0.25) is 0 Å². The SMILES string of the molecule is CCOC(=O)[C@@H]1CCc2sc(NC(=O)Cn3nc(C)cc3C)nc21. The molecule has 1 atom stereocenters. The van der Waals surface area contributed by atoms with Crippen molar-refractivity contribution in [1.82, 2.24) is 14.8 Å². The summed E-state index contributed by atoms with van der Waals surface area (Å²) < 4.78 is 6.75. The van der Waals surface area contributed by atoms with Gasteiger partial charge in [0.25, 0.3) is 0 Å². The smallest absolute Gasteiger partial charge is 0.315 e. The van der Waals surface area contributed by atoms with Gasteiger partial charge in [0, 0.05) is 10.6 Å². The van der Waals surface area contributed by atoms with Gasteiger partial charge in [0.1, 0.15) is 12.5 Å². The van der Waals surface area contributed by atoms with Gasteiger partial charge in [-0.15, -0.1) is 11.3 Å². The lowest BCUT2D eigenvalue weighted by molar-refractivity contribution is -0.145. The molecule has 128 valence electrons. The van der Waals surface area contributed by atoms with E-state index in [0.717, 1.165) is 34.8 Å². The average Bonchev–Trinajstić information content (AvgIpc) is 3.14. The quantitative estimate of drug-likeness (QED) is 0.837. The number of carbonyl (C=O) groups is 2. The summed E-state index contributed by atoms with van der Waals surface area (Å²) in [5.74, 6) is -0.721. The molecule has 0 spiro atoms. The number of thiazole rings is 1. The molecule has 1 aliphatic carbocycles. The molecule has 2 aromatic rings. The summed E-state index contributed by atoms with van der Waals surface area (Å²) >= 11 is 1.43. The molecular formula is C16H20N4O3S. The van der Waals surface area contributed by atoms with Gasteiger partial charge < -0.3 is 10.1 Å². The fourth-order valence-corrected chi connectivity index (χ4v) is 3.94. The Balaban J connectivity index is 1.67. The maximum absolute atomic E-state index is 12.2. The highest BCUT2D eigenvalue weighted by Crippen LogP contribution is 2.38. The number of nitrogens with zero attached hydrogens (tertiary/aromatic N) is 3. The van der Waals surface area contributed by atoms with Crippen LogP contribution in [0.4, 0.5) is 5.13 Å². The normalized spacial score (nSPS) is 16.0. The molecule has 1 N–H and O–H groups in total. The van der Waals surface area contributed by atoms with Crippen LogP contribution in [0.5, 0.6) is 0 Å². The molecule has 0 radical (unpaired) electrons. The highest BCUT2D eigenvalue weighted by Gasteiger charge is 2.33. The molecular weight excluding hydrogens is 328 g/mol. The molecule has 0 aromatic carbocycles. The van der Waals surface area contributed by atoms with Crippen molar-refractivity contribution in [2.45, 2.75) is 46.1 Å². The van der Waals surface area contributed by atoms with E-state index in [0.29, 0.717) is 11.7 Å². The Bertz CT molecular complexity index is 780. The number of hydrogen-bond acceptors (Lipinski definition) is 6. The van der Waals surface area contributed by atoms with Gasteiger partial charge in [-0.05, 0) is 39.7 Å². The van der Waals surface area contributed by atoms with Crippen LogP contribution >= 0.6 is 11.3 Å². The van der Waals surface area contributed by atoms with Crippen molar-refractivity contribution in [2.24, 2.45) is 0 Å². The molecule has 0 bridgehead atoms. The van der Waals surface area contributed by atoms with E-state index >= 15 is 0 Å². The molecule has 3 rings (SSSR count). The first-order valence-electron chi connectivity index (χ1n) is 7.95. The molecule has 8 heteroatoms. The van der Waals surface area contributed by atoms with Crippen molar-refractivity contribution >= 4 is 28.3 Å². The third-order valence-corrected chi connectivity index (χ3v) is 4.98. The maximum Gasteiger partial charge on any atom is 0.315 e. The second-order valence-electron chi connectivity index (χ2n) is 5.80. The molecule has 0 saturated carbocycles. The number of esters is 1. The van der Waals surface area contributed by atoms with Gasteiger partial charge in [0.2, 0.25) is 5.91 Å². The number of fused-ring (bicyclic) bond motifs is 1. The van der Waals surface area contributed by atoms with E-state index in [1.54, 1.807) is 11.6 Å². The monoisotopic (exact) mass is 348 g/mol. The average molecular weight is 348 g/mol. The fraction of sp³-hybridized carbons (Fsp3) is 0.500. The third-order valence-electron chi connectivity index (χ3n) is 3.93. The molecule has 2 heterocycles. The molecule has 0 saturated heterocycles. The predicted molar refractivity (Wildman–Crippen MR) is 90.1 cm³/mol. The van der Waals surface area contributed by atoms with Gasteiger partial charge in [-0.1, -0.05) is 0 Å². The fourth-order valence-electron chi connectivity index (χ4n) is 2.88. The second kappa shape index (κ2) is 6.72.